The molecule has 0 saturated carbocycles. The fourth-order valence-electron chi connectivity index (χ4n) is 3.40. The maximum atomic E-state index is 10.4. The van der Waals surface area contributed by atoms with Crippen molar-refractivity contribution in [3.8, 4) is 0 Å². The van der Waals surface area contributed by atoms with Gasteiger partial charge in [0.25, 0.3) is 6.42 Å². The van der Waals surface area contributed by atoms with Gasteiger partial charge < -0.3 is 0 Å². The Bertz CT molecular complexity index is 887. The molecule has 3 fully saturated rings. The minimum Gasteiger partial charge on any atom is -0.299 e. The Morgan fingerprint density at radius 3 is 0.532 bits per heavy atom. The largest absolute Gasteiger partial charge is 0.507 e. The Hall–Kier alpha value is 1.27. The molecule has 47 heavy (non-hydrogen) atoms. The van der Waals surface area contributed by atoms with E-state index in [1.807, 2.05) is 0 Å². The van der Waals surface area contributed by atoms with Gasteiger partial charge in [0.1, 0.15) is 0 Å². The number of hydrogen-bond acceptors (Lipinski definition) is 9. The highest BCUT2D eigenvalue weighted by atomic mass is 79.9. The minimum atomic E-state index is -5.14. The molecule has 0 atom stereocenters. The lowest BCUT2D eigenvalue weighted by Crippen LogP contribution is -2.39. The smallest absolute Gasteiger partial charge is 0.299 e. The molecule has 0 amide bonds. The van der Waals surface area contributed by atoms with E-state index in [0.717, 1.165) is 0 Å². The van der Waals surface area contributed by atoms with E-state index in [4.69, 9.17) is 86.1 Å². The molecule has 3 aliphatic rings. The van der Waals surface area contributed by atoms with E-state index in [1.54, 1.807) is 0 Å². The zero-order valence-corrected chi connectivity index (χ0v) is 31.3. The lowest BCUT2D eigenvalue weighted by molar-refractivity contribution is 0.320. The number of halogens is 7. The van der Waals surface area contributed by atoms with Crippen molar-refractivity contribution in [2.45, 2.75) is 38.5 Å². The molecular formula is C12H36BrF6N3O18P7+. The molecule has 0 bridgehead atoms. The SMILES string of the molecule is Br[P+](N1CCCC1)(N1CCCC1)N1CCCC1.O=P(O)(O)F.O=P(O)(O)F.O=P(O)(O)F.O=P(O)(O)F.O=P(O)(O)F.O=P(O)(O)F. The molecule has 35 heteroatoms. The third kappa shape index (κ3) is 59.7. The van der Waals surface area contributed by atoms with Crippen LogP contribution in [0, 0.1) is 0 Å². The Kier molecular flexibility index (Phi) is 28.7. The van der Waals surface area contributed by atoms with Crippen molar-refractivity contribution in [1.82, 2.24) is 14.0 Å². The standard InChI is InChI=1S/C12H24BrN3P.6FH2O3P/c13-17(14-7-1-2-8-14,15-9-3-4-10-15)16-11-5-6-12-16;6*1-5(2,3)4/h1-12H2;6*(H2,2,3,4)/q+1;;;;;;. The van der Waals surface area contributed by atoms with Crippen LogP contribution in [0.15, 0.2) is 0 Å². The van der Waals surface area contributed by atoms with Gasteiger partial charge in [0.2, 0.25) is 15.5 Å². The second kappa shape index (κ2) is 24.5. The van der Waals surface area contributed by atoms with Crippen molar-refractivity contribution in [2.24, 2.45) is 0 Å². The molecule has 3 aliphatic heterocycles. The summed E-state index contributed by atoms with van der Waals surface area (Å²) in [5, 5.41) is 0. The maximum absolute atomic E-state index is 10.4. The van der Waals surface area contributed by atoms with Gasteiger partial charge in [-0.05, 0) is 38.5 Å². The van der Waals surface area contributed by atoms with Crippen LogP contribution >= 0.6 is 69.3 Å². The van der Waals surface area contributed by atoms with Gasteiger partial charge in [-0.1, -0.05) is 0 Å². The number of rotatable bonds is 3. The van der Waals surface area contributed by atoms with Gasteiger partial charge in [0.15, 0.2) is 0 Å². The summed E-state index contributed by atoms with van der Waals surface area (Å²) in [4.78, 5) is 83.6. The summed E-state index contributed by atoms with van der Waals surface area (Å²) in [7, 11) is -30.8. The highest BCUT2D eigenvalue weighted by Crippen LogP contribution is 2.75. The second-order valence-electron chi connectivity index (χ2n) is 8.32. The molecule has 21 nitrogen and oxygen atoms in total. The number of nitrogens with zero attached hydrogens (tertiary/aromatic N) is 3. The van der Waals surface area contributed by atoms with Crippen molar-refractivity contribution in [1.29, 1.82) is 0 Å². The van der Waals surface area contributed by atoms with Gasteiger partial charge >= 0.3 is 47.4 Å². The molecule has 0 aliphatic carbocycles. The quantitative estimate of drug-likeness (QED) is 0.142. The predicted molar refractivity (Wildman–Crippen MR) is 157 cm³/mol. The van der Waals surface area contributed by atoms with Crippen LogP contribution in [-0.2, 0) is 27.4 Å². The van der Waals surface area contributed by atoms with Crippen LogP contribution in [0.3, 0.4) is 0 Å². The first kappa shape index (κ1) is 55.0. The van der Waals surface area contributed by atoms with Gasteiger partial charge in [-0.3, -0.25) is 58.7 Å². The average molecular weight is 921 g/mol. The van der Waals surface area contributed by atoms with Crippen LogP contribution in [0.1, 0.15) is 38.5 Å². The molecule has 0 unspecified atom stereocenters. The van der Waals surface area contributed by atoms with E-state index in [2.05, 4.69) is 29.5 Å². The molecular weight excluding hydrogens is 885 g/mol. The summed E-state index contributed by atoms with van der Waals surface area (Å²) < 4.78 is 122. The Morgan fingerprint density at radius 1 is 0.362 bits per heavy atom. The van der Waals surface area contributed by atoms with E-state index < -0.39 is 53.9 Å². The first-order valence-corrected chi connectivity index (χ1v) is 24.4. The third-order valence-corrected chi connectivity index (χ3v) is 11.7. The molecule has 0 spiro atoms. The Morgan fingerprint density at radius 2 is 0.447 bits per heavy atom. The Labute approximate surface area is 272 Å². The molecule has 3 rings (SSSR count). The van der Waals surface area contributed by atoms with Crippen molar-refractivity contribution in [2.75, 3.05) is 39.3 Å². The van der Waals surface area contributed by atoms with Crippen molar-refractivity contribution < 1.29 is 111 Å². The highest BCUT2D eigenvalue weighted by Gasteiger charge is 2.57. The lowest BCUT2D eigenvalue weighted by atomic mass is 10.4. The summed E-state index contributed by atoms with van der Waals surface area (Å²) in [5.41, 5.74) is 0. The fourth-order valence-corrected chi connectivity index (χ4v) is 9.70. The topological polar surface area (TPSA) is 355 Å². The van der Waals surface area contributed by atoms with Gasteiger partial charge in [-0.15, -0.1) is 39.2 Å². The van der Waals surface area contributed by atoms with Gasteiger partial charge in [-0.2, -0.15) is 0 Å². The first-order valence-electron chi connectivity index (χ1n) is 11.7. The summed E-state index contributed by atoms with van der Waals surface area (Å²) in [5.74, 6) is 0. The molecule has 0 radical (unpaired) electrons. The van der Waals surface area contributed by atoms with Crippen LogP contribution in [0.2, 0.25) is 0 Å². The van der Waals surface area contributed by atoms with Crippen LogP contribution < -0.4 is 0 Å². The van der Waals surface area contributed by atoms with E-state index in [-0.39, 0.29) is 0 Å². The average Bonchev–Trinajstić information content (AvgIpc) is 3.50. The van der Waals surface area contributed by atoms with Gasteiger partial charge in [-0.25, -0.2) is 27.4 Å². The van der Waals surface area contributed by atoms with E-state index >= 15 is 0 Å². The summed E-state index contributed by atoms with van der Waals surface area (Å²) in [6, 6.07) is 0. The van der Waals surface area contributed by atoms with Crippen LogP contribution in [0.5, 0.6) is 0 Å². The molecule has 0 aromatic heterocycles. The molecule has 12 N–H and O–H groups in total. The van der Waals surface area contributed by atoms with Crippen LogP contribution in [0.4, 0.5) is 25.2 Å². The molecule has 0 aromatic carbocycles. The number of hydrogen-bond donors (Lipinski definition) is 12. The fraction of sp³-hybridized carbons (Fsp3) is 1.00. The summed E-state index contributed by atoms with van der Waals surface area (Å²) >= 11 is 4.25. The normalized spacial score (nSPS) is 18.2. The molecule has 0 aromatic rings. The third-order valence-electron chi connectivity index (χ3n) is 4.33. The maximum Gasteiger partial charge on any atom is 0.507 e. The zero-order chi connectivity index (χ0) is 38.7. The van der Waals surface area contributed by atoms with Crippen molar-refractivity contribution >= 4 is 69.3 Å². The highest BCUT2D eigenvalue weighted by molar-refractivity contribution is 9.41. The predicted octanol–water partition coefficient (Wildman–Crippen LogP) is 3.64. The second-order valence-corrected chi connectivity index (χ2v) is 19.5. The first-order chi connectivity index (χ1) is 20.3. The molecule has 290 valence electrons. The monoisotopic (exact) mass is 920 g/mol. The van der Waals surface area contributed by atoms with Crippen LogP contribution in [0.25, 0.3) is 0 Å². The van der Waals surface area contributed by atoms with Gasteiger partial charge in [0, 0.05) is 39.3 Å². The van der Waals surface area contributed by atoms with Crippen molar-refractivity contribution in [3.63, 3.8) is 0 Å². The van der Waals surface area contributed by atoms with Crippen molar-refractivity contribution in [3.05, 3.63) is 0 Å². The Balaban J connectivity index is -0.000000259. The van der Waals surface area contributed by atoms with E-state index in [9.17, 15) is 25.2 Å². The van der Waals surface area contributed by atoms with Gasteiger partial charge in [0.05, 0.1) is 0 Å². The minimum absolute atomic E-state index is 1.30. The summed E-state index contributed by atoms with van der Waals surface area (Å²) in [6.45, 7) is 7.87. The summed E-state index contributed by atoms with van der Waals surface area (Å²) in [6.07, 6.45) is 7.09. The van der Waals surface area contributed by atoms with Crippen LogP contribution in [-0.4, -0.2) is 112 Å². The van der Waals surface area contributed by atoms with E-state index in [0.29, 0.717) is 0 Å². The molecule has 3 saturated heterocycles. The lowest BCUT2D eigenvalue weighted by Gasteiger charge is -2.38. The van der Waals surface area contributed by atoms with E-state index in [1.165, 1.54) is 77.8 Å². The molecule has 3 heterocycles. The zero-order valence-electron chi connectivity index (χ0n) is 23.4.